The van der Waals surface area contributed by atoms with Crippen molar-refractivity contribution in [3.8, 4) is 56.4 Å². The molecule has 0 amide bonds. The summed E-state index contributed by atoms with van der Waals surface area (Å²) in [5.41, 5.74) is 15.7. The second kappa shape index (κ2) is 12.9. The van der Waals surface area contributed by atoms with Crippen LogP contribution in [0.1, 0.15) is 22.3 Å². The van der Waals surface area contributed by atoms with E-state index in [1.165, 1.54) is 44.5 Å². The molecular formula is C52H34N4. The number of aromatic nitrogens is 3. The normalized spacial score (nSPS) is 14.5. The van der Waals surface area contributed by atoms with Gasteiger partial charge in [-0.2, -0.15) is 0 Å². The Morgan fingerprint density at radius 1 is 0.286 bits per heavy atom. The highest BCUT2D eigenvalue weighted by atomic mass is 15.1. The van der Waals surface area contributed by atoms with Gasteiger partial charge in [0.25, 0.3) is 0 Å². The molecular weight excluding hydrogens is 681 g/mol. The molecule has 56 heavy (non-hydrogen) atoms. The first kappa shape index (κ1) is 32.0. The average Bonchev–Trinajstić information content (AvgIpc) is 3.74. The van der Waals surface area contributed by atoms with Gasteiger partial charge < -0.3 is 4.90 Å². The molecule has 2 aliphatic carbocycles. The fourth-order valence-electron chi connectivity index (χ4n) is 8.95. The Bertz CT molecular complexity index is 2810. The zero-order valence-corrected chi connectivity index (χ0v) is 30.4. The van der Waals surface area contributed by atoms with Crippen molar-refractivity contribution < 1.29 is 0 Å². The Hall–Kier alpha value is -7.43. The van der Waals surface area contributed by atoms with Crippen LogP contribution in [0.2, 0.25) is 0 Å². The number of benzene rings is 8. The number of anilines is 3. The van der Waals surface area contributed by atoms with Gasteiger partial charge in [0.1, 0.15) is 0 Å². The van der Waals surface area contributed by atoms with Crippen LogP contribution in [0.5, 0.6) is 0 Å². The Morgan fingerprint density at radius 2 is 0.714 bits per heavy atom. The summed E-state index contributed by atoms with van der Waals surface area (Å²) < 4.78 is 0. The molecule has 0 saturated heterocycles. The molecule has 8 aromatic carbocycles. The van der Waals surface area contributed by atoms with Crippen LogP contribution < -0.4 is 4.90 Å². The van der Waals surface area contributed by atoms with Crippen molar-refractivity contribution in [2.24, 2.45) is 0 Å². The van der Waals surface area contributed by atoms with E-state index >= 15 is 0 Å². The van der Waals surface area contributed by atoms with Crippen molar-refractivity contribution >= 4 is 17.1 Å². The minimum Gasteiger partial charge on any atom is -0.310 e. The smallest absolute Gasteiger partial charge is 0.164 e. The first-order chi connectivity index (χ1) is 27.8. The van der Waals surface area contributed by atoms with Gasteiger partial charge in [0.2, 0.25) is 0 Å². The van der Waals surface area contributed by atoms with Gasteiger partial charge in [0.05, 0.1) is 5.41 Å². The number of hydrogen-bond donors (Lipinski definition) is 0. The molecule has 1 atom stereocenters. The van der Waals surface area contributed by atoms with Crippen LogP contribution >= 0.6 is 0 Å². The third-order valence-electron chi connectivity index (χ3n) is 11.3. The highest BCUT2D eigenvalue weighted by Gasteiger charge is 2.51. The van der Waals surface area contributed by atoms with Crippen LogP contribution in [-0.4, -0.2) is 15.0 Å². The molecule has 0 N–H and O–H groups in total. The lowest BCUT2D eigenvalue weighted by molar-refractivity contribution is 0.794. The lowest BCUT2D eigenvalue weighted by Gasteiger charge is -2.31. The minimum atomic E-state index is -0.533. The van der Waals surface area contributed by atoms with Gasteiger partial charge in [-0.15, -0.1) is 0 Å². The quantitative estimate of drug-likeness (QED) is 0.172. The maximum atomic E-state index is 5.14. The summed E-state index contributed by atoms with van der Waals surface area (Å²) in [5, 5.41) is 0. The van der Waals surface area contributed by atoms with E-state index in [1.54, 1.807) is 0 Å². The number of hydrogen-bond acceptors (Lipinski definition) is 4. The summed E-state index contributed by atoms with van der Waals surface area (Å²) >= 11 is 0. The summed E-state index contributed by atoms with van der Waals surface area (Å²) in [5.74, 6) is 1.95. The Kier molecular flexibility index (Phi) is 7.36. The number of rotatable bonds is 6. The van der Waals surface area contributed by atoms with Crippen molar-refractivity contribution in [3.63, 3.8) is 0 Å². The summed E-state index contributed by atoms with van der Waals surface area (Å²) in [7, 11) is 0. The molecule has 9 aromatic rings. The molecule has 0 fully saturated rings. The standard InChI is InChI=1S/C52H34N4/c1-5-17-35(18-6-1)49-53-50(36-19-7-2-8-20-36)55-51(54-49)37-29-31-43-41-25-13-15-27-45(41)52(48(43)33-37)46-28-16-14-26-42(46)44-34-40(30-32-47(44)52)56(38-21-9-3-10-22-38)39-23-11-4-12-24-39/h1-34H. The van der Waals surface area contributed by atoms with Crippen LogP contribution in [0.25, 0.3) is 56.4 Å². The molecule has 262 valence electrons. The highest BCUT2D eigenvalue weighted by molar-refractivity contribution is 5.97. The van der Waals surface area contributed by atoms with Gasteiger partial charge in [-0.1, -0.05) is 164 Å². The second-order valence-electron chi connectivity index (χ2n) is 14.4. The lowest BCUT2D eigenvalue weighted by atomic mass is 9.70. The Balaban J connectivity index is 1.14. The lowest BCUT2D eigenvalue weighted by Crippen LogP contribution is -2.26. The molecule has 0 aliphatic heterocycles. The molecule has 0 bridgehead atoms. The molecule has 1 unspecified atom stereocenters. The van der Waals surface area contributed by atoms with Crippen molar-refractivity contribution in [1.29, 1.82) is 0 Å². The topological polar surface area (TPSA) is 41.9 Å². The molecule has 4 heteroatoms. The number of nitrogens with zero attached hydrogens (tertiary/aromatic N) is 4. The molecule has 2 aliphatic rings. The first-order valence-corrected chi connectivity index (χ1v) is 19.0. The van der Waals surface area contributed by atoms with Crippen LogP contribution in [0.4, 0.5) is 17.1 Å². The van der Waals surface area contributed by atoms with E-state index in [1.807, 2.05) is 36.4 Å². The largest absolute Gasteiger partial charge is 0.310 e. The zero-order chi connectivity index (χ0) is 37.1. The fraction of sp³-hybridized carbons (Fsp3) is 0.0192. The Morgan fingerprint density at radius 3 is 1.27 bits per heavy atom. The zero-order valence-electron chi connectivity index (χ0n) is 30.4. The van der Waals surface area contributed by atoms with Gasteiger partial charge >= 0.3 is 0 Å². The SMILES string of the molecule is c1ccc(-c2nc(-c3ccccc3)nc(-c3ccc4c(c3)C3(c5ccccc5-c5cc(N(c6ccccc6)c6ccccc6)ccc53)c3ccccc3-4)n2)cc1. The van der Waals surface area contributed by atoms with Crippen LogP contribution in [0, 0.1) is 0 Å². The van der Waals surface area contributed by atoms with Crippen LogP contribution in [0.15, 0.2) is 206 Å². The van der Waals surface area contributed by atoms with Gasteiger partial charge in [0.15, 0.2) is 17.5 Å². The maximum Gasteiger partial charge on any atom is 0.164 e. The molecule has 11 rings (SSSR count). The average molecular weight is 715 g/mol. The third-order valence-corrected chi connectivity index (χ3v) is 11.3. The molecule has 0 radical (unpaired) electrons. The highest BCUT2D eigenvalue weighted by Crippen LogP contribution is 2.63. The van der Waals surface area contributed by atoms with E-state index < -0.39 is 5.41 Å². The van der Waals surface area contributed by atoms with Gasteiger partial charge in [-0.3, -0.25) is 0 Å². The van der Waals surface area contributed by atoms with E-state index in [-0.39, 0.29) is 0 Å². The van der Waals surface area contributed by atoms with Crippen molar-refractivity contribution in [3.05, 3.63) is 229 Å². The van der Waals surface area contributed by atoms with E-state index in [0.717, 1.165) is 33.8 Å². The molecule has 1 aromatic heterocycles. The molecule has 4 nitrogen and oxygen atoms in total. The van der Waals surface area contributed by atoms with E-state index in [0.29, 0.717) is 17.5 Å². The van der Waals surface area contributed by atoms with Gasteiger partial charge in [-0.25, -0.2) is 15.0 Å². The van der Waals surface area contributed by atoms with Crippen LogP contribution in [0.3, 0.4) is 0 Å². The van der Waals surface area contributed by atoms with E-state index in [4.69, 9.17) is 15.0 Å². The summed E-state index contributed by atoms with van der Waals surface area (Å²) in [6.07, 6.45) is 0. The summed E-state index contributed by atoms with van der Waals surface area (Å²) in [4.78, 5) is 17.6. The minimum absolute atomic E-state index is 0.533. The first-order valence-electron chi connectivity index (χ1n) is 19.0. The molecule has 1 spiro atoms. The fourth-order valence-corrected chi connectivity index (χ4v) is 8.95. The Labute approximate surface area is 326 Å². The van der Waals surface area contributed by atoms with Crippen LogP contribution in [-0.2, 0) is 5.41 Å². The van der Waals surface area contributed by atoms with E-state index in [9.17, 15) is 0 Å². The predicted octanol–water partition coefficient (Wildman–Crippen LogP) is 12.7. The summed E-state index contributed by atoms with van der Waals surface area (Å²) in [6, 6.07) is 73.3. The van der Waals surface area contributed by atoms with E-state index in [2.05, 4.69) is 175 Å². The monoisotopic (exact) mass is 714 g/mol. The van der Waals surface area contributed by atoms with Crippen molar-refractivity contribution in [2.45, 2.75) is 5.41 Å². The second-order valence-corrected chi connectivity index (χ2v) is 14.4. The third kappa shape index (κ3) is 4.89. The van der Waals surface area contributed by atoms with Gasteiger partial charge in [0, 0.05) is 33.8 Å². The van der Waals surface area contributed by atoms with Gasteiger partial charge in [-0.05, 0) is 87.0 Å². The molecule has 1 heterocycles. The molecule has 0 saturated carbocycles. The summed E-state index contributed by atoms with van der Waals surface area (Å²) in [6.45, 7) is 0. The maximum absolute atomic E-state index is 5.14. The predicted molar refractivity (Wildman–Crippen MR) is 227 cm³/mol. The van der Waals surface area contributed by atoms with Crippen molar-refractivity contribution in [2.75, 3.05) is 4.90 Å². The number of para-hydroxylation sites is 2. The number of fused-ring (bicyclic) bond motifs is 10. The van der Waals surface area contributed by atoms with Crippen molar-refractivity contribution in [1.82, 2.24) is 15.0 Å².